The Morgan fingerprint density at radius 1 is 0.960 bits per heavy atom. The summed E-state index contributed by atoms with van der Waals surface area (Å²) >= 11 is 4.49. The zero-order valence-corrected chi connectivity index (χ0v) is 16.0. The first-order valence-corrected chi connectivity index (χ1v) is 10.3. The molecule has 0 spiro atoms. The smallest absolute Gasteiger partial charge is 0.271 e. The van der Waals surface area contributed by atoms with Gasteiger partial charge in [-0.05, 0) is 53.9 Å². The van der Waals surface area contributed by atoms with E-state index in [-0.39, 0.29) is 10.1 Å². The molecule has 0 saturated heterocycles. The van der Waals surface area contributed by atoms with Crippen molar-refractivity contribution in [2.24, 2.45) is 0 Å². The molecule has 1 aromatic heterocycles. The van der Waals surface area contributed by atoms with E-state index in [0.717, 1.165) is 15.8 Å². The van der Waals surface area contributed by atoms with E-state index < -0.39 is 10.0 Å². The molecule has 0 aliphatic rings. The van der Waals surface area contributed by atoms with Crippen LogP contribution in [0, 0.1) is 0 Å². The van der Waals surface area contributed by atoms with Gasteiger partial charge in [0, 0.05) is 21.4 Å². The van der Waals surface area contributed by atoms with Gasteiger partial charge in [0.15, 0.2) is 0 Å². The number of thiophene rings is 1. The van der Waals surface area contributed by atoms with Gasteiger partial charge in [-0.1, -0.05) is 28.1 Å². The molecule has 0 aliphatic heterocycles. The van der Waals surface area contributed by atoms with E-state index in [1.807, 2.05) is 12.1 Å². The second kappa shape index (κ2) is 7.38. The van der Waals surface area contributed by atoms with Crippen LogP contribution in [0.2, 0.25) is 0 Å². The van der Waals surface area contributed by atoms with Gasteiger partial charge < -0.3 is 5.32 Å². The fourth-order valence-corrected chi connectivity index (χ4v) is 4.53. The largest absolute Gasteiger partial charge is 0.322 e. The molecule has 0 saturated carbocycles. The Hall–Kier alpha value is -2.16. The summed E-state index contributed by atoms with van der Waals surface area (Å²) in [5.41, 5.74) is 1.49. The van der Waals surface area contributed by atoms with Gasteiger partial charge in [0.25, 0.3) is 15.9 Å². The van der Waals surface area contributed by atoms with Crippen molar-refractivity contribution in [3.8, 4) is 0 Å². The normalized spacial score (nSPS) is 11.1. The van der Waals surface area contributed by atoms with Crippen LogP contribution in [0.15, 0.2) is 74.7 Å². The van der Waals surface area contributed by atoms with Crippen molar-refractivity contribution in [3.05, 3.63) is 76.1 Å². The maximum absolute atomic E-state index is 12.2. The number of carbonyl (C=O) groups is 1. The van der Waals surface area contributed by atoms with Gasteiger partial charge in [0.2, 0.25) is 0 Å². The molecule has 25 heavy (non-hydrogen) atoms. The highest BCUT2D eigenvalue weighted by Crippen LogP contribution is 2.21. The highest BCUT2D eigenvalue weighted by molar-refractivity contribution is 9.10. The van der Waals surface area contributed by atoms with Crippen LogP contribution >= 0.6 is 27.3 Å². The minimum absolute atomic E-state index is 0.240. The molecule has 1 heterocycles. The standard InChI is InChI=1S/C17H13BrN2O3S2/c18-13-3-1-4-15(11-13)19-17(21)12-6-8-14(9-7-12)20-25(22,23)16-5-2-10-24-16/h1-11,20H,(H,19,21). The molecule has 1 amide bonds. The number of hydrogen-bond donors (Lipinski definition) is 2. The summed E-state index contributed by atoms with van der Waals surface area (Å²) in [5.74, 6) is -0.272. The van der Waals surface area contributed by atoms with E-state index >= 15 is 0 Å². The minimum atomic E-state index is -3.59. The van der Waals surface area contributed by atoms with Crippen molar-refractivity contribution in [1.82, 2.24) is 0 Å². The van der Waals surface area contributed by atoms with E-state index in [1.165, 1.54) is 6.07 Å². The first-order valence-electron chi connectivity index (χ1n) is 7.17. The Kier molecular flexibility index (Phi) is 5.22. The molecule has 2 N–H and O–H groups in total. The number of amides is 1. The average molecular weight is 437 g/mol. The predicted molar refractivity (Wildman–Crippen MR) is 104 cm³/mol. The van der Waals surface area contributed by atoms with E-state index in [9.17, 15) is 13.2 Å². The van der Waals surface area contributed by atoms with Crippen LogP contribution in [-0.2, 0) is 10.0 Å². The fraction of sp³-hybridized carbons (Fsp3) is 0. The summed E-state index contributed by atoms with van der Waals surface area (Å²) in [6, 6.07) is 16.7. The summed E-state index contributed by atoms with van der Waals surface area (Å²) in [6.45, 7) is 0. The van der Waals surface area contributed by atoms with Crippen LogP contribution in [0.4, 0.5) is 11.4 Å². The van der Waals surface area contributed by atoms with Crippen molar-refractivity contribution in [2.45, 2.75) is 4.21 Å². The molecule has 0 atom stereocenters. The van der Waals surface area contributed by atoms with Crippen molar-refractivity contribution in [3.63, 3.8) is 0 Å². The summed E-state index contributed by atoms with van der Waals surface area (Å²) in [5, 5.41) is 4.48. The molecule has 128 valence electrons. The Morgan fingerprint density at radius 2 is 1.72 bits per heavy atom. The molecule has 5 nitrogen and oxygen atoms in total. The van der Waals surface area contributed by atoms with E-state index in [4.69, 9.17) is 0 Å². The molecule has 0 bridgehead atoms. The lowest BCUT2D eigenvalue weighted by Crippen LogP contribution is -2.13. The maximum atomic E-state index is 12.2. The summed E-state index contributed by atoms with van der Waals surface area (Å²) < 4.78 is 27.9. The van der Waals surface area contributed by atoms with Crippen LogP contribution in [0.5, 0.6) is 0 Å². The lowest BCUT2D eigenvalue weighted by atomic mass is 10.2. The fourth-order valence-electron chi connectivity index (χ4n) is 2.08. The highest BCUT2D eigenvalue weighted by atomic mass is 79.9. The summed E-state index contributed by atoms with van der Waals surface area (Å²) in [6.07, 6.45) is 0. The molecule has 3 rings (SSSR count). The van der Waals surface area contributed by atoms with Gasteiger partial charge in [-0.15, -0.1) is 11.3 Å². The topological polar surface area (TPSA) is 75.3 Å². The molecular weight excluding hydrogens is 424 g/mol. The average Bonchev–Trinajstić information content (AvgIpc) is 3.10. The van der Waals surface area contributed by atoms with Gasteiger partial charge in [-0.2, -0.15) is 0 Å². The van der Waals surface area contributed by atoms with Gasteiger partial charge in [0.05, 0.1) is 0 Å². The Morgan fingerprint density at radius 3 is 2.36 bits per heavy atom. The second-order valence-electron chi connectivity index (χ2n) is 5.08. The maximum Gasteiger partial charge on any atom is 0.271 e. The summed E-state index contributed by atoms with van der Waals surface area (Å²) in [4.78, 5) is 12.2. The number of benzene rings is 2. The van der Waals surface area contributed by atoms with Crippen molar-refractivity contribution in [2.75, 3.05) is 10.0 Å². The molecule has 0 radical (unpaired) electrons. The number of rotatable bonds is 5. The number of hydrogen-bond acceptors (Lipinski definition) is 4. The third kappa shape index (κ3) is 4.47. The molecule has 0 aliphatic carbocycles. The second-order valence-corrected chi connectivity index (χ2v) is 8.85. The quantitative estimate of drug-likeness (QED) is 0.615. The molecule has 2 aromatic carbocycles. The van der Waals surface area contributed by atoms with E-state index in [0.29, 0.717) is 16.9 Å². The first kappa shape index (κ1) is 17.7. The van der Waals surface area contributed by atoms with Crippen molar-refractivity contribution >= 4 is 54.6 Å². The lowest BCUT2D eigenvalue weighted by Gasteiger charge is -2.08. The van der Waals surface area contributed by atoms with Crippen LogP contribution in [0.3, 0.4) is 0 Å². The van der Waals surface area contributed by atoms with Gasteiger partial charge in [-0.3, -0.25) is 9.52 Å². The predicted octanol–water partition coefficient (Wildman–Crippen LogP) is 4.56. The van der Waals surface area contributed by atoms with Crippen molar-refractivity contribution < 1.29 is 13.2 Å². The number of anilines is 2. The van der Waals surface area contributed by atoms with Crippen LogP contribution in [-0.4, -0.2) is 14.3 Å². The lowest BCUT2D eigenvalue weighted by molar-refractivity contribution is 0.102. The number of carbonyl (C=O) groups excluding carboxylic acids is 1. The molecule has 0 unspecified atom stereocenters. The van der Waals surface area contributed by atoms with E-state index in [2.05, 4.69) is 26.0 Å². The zero-order valence-electron chi connectivity index (χ0n) is 12.8. The summed E-state index contributed by atoms with van der Waals surface area (Å²) in [7, 11) is -3.59. The molecule has 0 fully saturated rings. The minimum Gasteiger partial charge on any atom is -0.322 e. The van der Waals surface area contributed by atoms with Crippen molar-refractivity contribution in [1.29, 1.82) is 0 Å². The Bertz CT molecular complexity index is 985. The Labute approximate surface area is 157 Å². The highest BCUT2D eigenvalue weighted by Gasteiger charge is 2.15. The number of sulfonamides is 1. The SMILES string of the molecule is O=C(Nc1cccc(Br)c1)c1ccc(NS(=O)(=O)c2cccs2)cc1. The monoisotopic (exact) mass is 436 g/mol. The van der Waals surface area contributed by atoms with Crippen LogP contribution in [0.1, 0.15) is 10.4 Å². The van der Waals surface area contributed by atoms with Crippen LogP contribution < -0.4 is 10.0 Å². The number of nitrogens with one attached hydrogen (secondary N) is 2. The first-order chi connectivity index (χ1) is 11.9. The Balaban J connectivity index is 1.71. The van der Waals surface area contributed by atoms with Crippen LogP contribution in [0.25, 0.3) is 0 Å². The van der Waals surface area contributed by atoms with E-state index in [1.54, 1.807) is 47.8 Å². The van der Waals surface area contributed by atoms with Gasteiger partial charge in [0.1, 0.15) is 4.21 Å². The van der Waals surface area contributed by atoms with Gasteiger partial charge >= 0.3 is 0 Å². The molecular formula is C17H13BrN2O3S2. The molecule has 8 heteroatoms. The third-order valence-corrected chi connectivity index (χ3v) is 6.51. The third-order valence-electron chi connectivity index (χ3n) is 3.24. The number of halogens is 1. The zero-order chi connectivity index (χ0) is 17.9. The molecule has 3 aromatic rings. The van der Waals surface area contributed by atoms with Gasteiger partial charge in [-0.25, -0.2) is 8.42 Å².